The topological polar surface area (TPSA) is 0 Å². The van der Waals surface area contributed by atoms with Gasteiger partial charge in [-0.3, -0.25) is 0 Å². The Hall–Kier alpha value is -0.600. The van der Waals surface area contributed by atoms with E-state index in [0.717, 1.165) is 4.47 Å². The van der Waals surface area contributed by atoms with Gasteiger partial charge in [0.15, 0.2) is 0 Å². The zero-order valence-electron chi connectivity index (χ0n) is 11.5. The number of alkyl halides is 1. The van der Waals surface area contributed by atoms with Crippen LogP contribution in [0.4, 0.5) is 0 Å². The molecular weight excluding hydrogens is 364 g/mol. The fraction of sp³-hybridized carbons (Fsp3) is 0.294. The lowest BCUT2D eigenvalue weighted by Gasteiger charge is -2.14. The molecule has 0 N–H and O–H groups in total. The van der Waals surface area contributed by atoms with E-state index in [-0.39, 0.29) is 4.83 Å². The Morgan fingerprint density at radius 1 is 0.895 bits per heavy atom. The van der Waals surface area contributed by atoms with Crippen LogP contribution in [0, 0.1) is 6.92 Å². The van der Waals surface area contributed by atoms with Crippen LogP contribution in [0.3, 0.4) is 0 Å². The van der Waals surface area contributed by atoms with Gasteiger partial charge in [0.25, 0.3) is 0 Å². The fourth-order valence-electron chi connectivity index (χ4n) is 2.07. The Kier molecular flexibility index (Phi) is 4.86. The third-order valence-electron chi connectivity index (χ3n) is 3.32. The highest BCUT2D eigenvalue weighted by atomic mass is 79.9. The van der Waals surface area contributed by atoms with Gasteiger partial charge in [-0.15, -0.1) is 0 Å². The minimum absolute atomic E-state index is 0.226. The molecule has 0 nitrogen and oxygen atoms in total. The Morgan fingerprint density at radius 3 is 2.00 bits per heavy atom. The predicted molar refractivity (Wildman–Crippen MR) is 90.2 cm³/mol. The van der Waals surface area contributed by atoms with E-state index in [1.54, 1.807) is 0 Å². The Balaban J connectivity index is 2.30. The lowest BCUT2D eigenvalue weighted by Crippen LogP contribution is -1.95. The number of benzene rings is 2. The number of rotatable bonds is 3. The van der Waals surface area contributed by atoms with Crippen molar-refractivity contribution in [2.45, 2.75) is 31.5 Å². The molecular formula is C17H18Br2. The van der Waals surface area contributed by atoms with E-state index >= 15 is 0 Å². The van der Waals surface area contributed by atoms with Crippen LogP contribution in [-0.4, -0.2) is 0 Å². The van der Waals surface area contributed by atoms with Crippen LogP contribution < -0.4 is 0 Å². The molecule has 2 rings (SSSR count). The summed E-state index contributed by atoms with van der Waals surface area (Å²) in [6.45, 7) is 6.55. The van der Waals surface area contributed by atoms with E-state index in [1.807, 2.05) is 0 Å². The second-order valence-electron chi connectivity index (χ2n) is 5.21. The lowest BCUT2D eigenvalue weighted by atomic mass is 9.98. The van der Waals surface area contributed by atoms with Gasteiger partial charge in [0.05, 0.1) is 4.83 Å². The maximum Gasteiger partial charge on any atom is 0.0655 e. The number of aryl methyl sites for hydroxylation is 1. The predicted octanol–water partition coefficient (Wildman–Crippen LogP) is 6.37. The van der Waals surface area contributed by atoms with E-state index < -0.39 is 0 Å². The van der Waals surface area contributed by atoms with Gasteiger partial charge in [0.2, 0.25) is 0 Å². The van der Waals surface area contributed by atoms with Gasteiger partial charge in [0, 0.05) is 4.47 Å². The first-order valence-electron chi connectivity index (χ1n) is 6.49. The molecule has 100 valence electrons. The molecule has 1 atom stereocenters. The molecule has 2 heteroatoms. The summed E-state index contributed by atoms with van der Waals surface area (Å²) >= 11 is 7.45. The van der Waals surface area contributed by atoms with Gasteiger partial charge < -0.3 is 0 Å². The molecule has 0 aliphatic rings. The van der Waals surface area contributed by atoms with Gasteiger partial charge in [-0.1, -0.05) is 82.1 Å². The summed E-state index contributed by atoms with van der Waals surface area (Å²) in [4.78, 5) is 0.226. The fourth-order valence-corrected chi connectivity index (χ4v) is 3.80. The quantitative estimate of drug-likeness (QED) is 0.542. The van der Waals surface area contributed by atoms with Crippen molar-refractivity contribution < 1.29 is 0 Å². The molecule has 0 saturated heterocycles. The van der Waals surface area contributed by atoms with Crippen LogP contribution in [-0.2, 0) is 0 Å². The summed E-state index contributed by atoms with van der Waals surface area (Å²) in [5, 5.41) is 0. The number of hydrogen-bond acceptors (Lipinski definition) is 0. The molecule has 2 aromatic carbocycles. The first-order chi connectivity index (χ1) is 8.99. The molecule has 0 spiro atoms. The molecule has 0 heterocycles. The van der Waals surface area contributed by atoms with Crippen molar-refractivity contribution in [3.05, 3.63) is 69.2 Å². The molecule has 0 radical (unpaired) electrons. The largest absolute Gasteiger partial charge is 0.0786 e. The minimum atomic E-state index is 0.226. The van der Waals surface area contributed by atoms with E-state index in [0.29, 0.717) is 5.92 Å². The molecule has 0 saturated carbocycles. The molecule has 0 aliphatic heterocycles. The summed E-state index contributed by atoms with van der Waals surface area (Å²) in [7, 11) is 0. The van der Waals surface area contributed by atoms with Gasteiger partial charge in [-0.25, -0.2) is 0 Å². The molecule has 0 aliphatic carbocycles. The van der Waals surface area contributed by atoms with Crippen molar-refractivity contribution in [1.82, 2.24) is 0 Å². The molecule has 0 fully saturated rings. The third kappa shape index (κ3) is 3.49. The van der Waals surface area contributed by atoms with Crippen molar-refractivity contribution in [3.63, 3.8) is 0 Å². The summed E-state index contributed by atoms with van der Waals surface area (Å²) in [5.74, 6) is 0.578. The smallest absolute Gasteiger partial charge is 0.0655 e. The zero-order chi connectivity index (χ0) is 14.0. The highest BCUT2D eigenvalue weighted by molar-refractivity contribution is 9.11. The second kappa shape index (κ2) is 6.23. The molecule has 19 heavy (non-hydrogen) atoms. The van der Waals surface area contributed by atoms with Gasteiger partial charge in [-0.2, -0.15) is 0 Å². The van der Waals surface area contributed by atoms with Crippen molar-refractivity contribution in [3.8, 4) is 0 Å². The summed E-state index contributed by atoms with van der Waals surface area (Å²) in [6, 6.07) is 15.3. The van der Waals surface area contributed by atoms with Crippen LogP contribution in [0.15, 0.2) is 46.9 Å². The highest BCUT2D eigenvalue weighted by Crippen LogP contribution is 2.36. The first-order valence-corrected chi connectivity index (χ1v) is 8.20. The molecule has 1 unspecified atom stereocenters. The van der Waals surface area contributed by atoms with Crippen molar-refractivity contribution in [2.24, 2.45) is 0 Å². The minimum Gasteiger partial charge on any atom is -0.0786 e. The van der Waals surface area contributed by atoms with Gasteiger partial charge in [0.1, 0.15) is 0 Å². The Bertz CT molecular complexity index is 556. The van der Waals surface area contributed by atoms with Crippen LogP contribution >= 0.6 is 31.9 Å². The van der Waals surface area contributed by atoms with Crippen molar-refractivity contribution in [2.75, 3.05) is 0 Å². The number of halogens is 2. The summed E-state index contributed by atoms with van der Waals surface area (Å²) in [6.07, 6.45) is 0. The first kappa shape index (κ1) is 14.8. The second-order valence-corrected chi connectivity index (χ2v) is 6.98. The normalized spacial score (nSPS) is 12.7. The Morgan fingerprint density at radius 2 is 1.47 bits per heavy atom. The summed E-state index contributed by atoms with van der Waals surface area (Å²) in [5.41, 5.74) is 5.20. The lowest BCUT2D eigenvalue weighted by molar-refractivity contribution is 0.865. The van der Waals surface area contributed by atoms with Crippen molar-refractivity contribution in [1.29, 1.82) is 0 Å². The van der Waals surface area contributed by atoms with E-state index in [2.05, 4.69) is 95.1 Å². The van der Waals surface area contributed by atoms with E-state index in [1.165, 1.54) is 22.3 Å². The average molecular weight is 382 g/mol. The number of hydrogen-bond donors (Lipinski definition) is 0. The molecule has 0 bridgehead atoms. The Labute approximate surface area is 132 Å². The standard InChI is InChI=1S/C17H18Br2/c1-11(2)13-5-7-14(8-6-13)17(19)15-9-4-12(3)10-16(15)18/h4-11,17H,1-3H3. The third-order valence-corrected chi connectivity index (χ3v) is 5.03. The van der Waals surface area contributed by atoms with Crippen molar-refractivity contribution >= 4 is 31.9 Å². The van der Waals surface area contributed by atoms with Crippen LogP contribution in [0.1, 0.15) is 46.8 Å². The maximum atomic E-state index is 3.80. The molecule has 2 aromatic rings. The van der Waals surface area contributed by atoms with Crippen LogP contribution in [0.2, 0.25) is 0 Å². The van der Waals surface area contributed by atoms with Crippen LogP contribution in [0.25, 0.3) is 0 Å². The van der Waals surface area contributed by atoms with E-state index in [4.69, 9.17) is 0 Å². The van der Waals surface area contributed by atoms with Gasteiger partial charge >= 0.3 is 0 Å². The van der Waals surface area contributed by atoms with E-state index in [9.17, 15) is 0 Å². The zero-order valence-corrected chi connectivity index (χ0v) is 14.6. The maximum absolute atomic E-state index is 3.80. The average Bonchev–Trinajstić information content (AvgIpc) is 2.38. The summed E-state index contributed by atoms with van der Waals surface area (Å²) < 4.78 is 1.15. The van der Waals surface area contributed by atoms with Crippen LogP contribution in [0.5, 0.6) is 0 Å². The molecule has 0 amide bonds. The van der Waals surface area contributed by atoms with Gasteiger partial charge in [-0.05, 0) is 41.2 Å². The highest BCUT2D eigenvalue weighted by Gasteiger charge is 2.13. The monoisotopic (exact) mass is 380 g/mol. The molecule has 0 aromatic heterocycles. The SMILES string of the molecule is Cc1ccc(C(Br)c2ccc(C(C)C)cc2)c(Br)c1.